The average molecular weight is 377 g/mol. The number of aliphatic hydroxyl groups is 1. The predicted octanol–water partition coefficient (Wildman–Crippen LogP) is 6.01. The first-order valence-corrected chi connectivity index (χ1v) is 12.8. The third-order valence-electron chi connectivity index (χ3n) is 6.09. The van der Waals surface area contributed by atoms with E-state index in [1.807, 2.05) is 30.3 Å². The van der Waals surface area contributed by atoms with E-state index in [1.165, 1.54) is 19.3 Å². The molecule has 1 saturated carbocycles. The van der Waals surface area contributed by atoms with Gasteiger partial charge in [0, 0.05) is 0 Å². The topological polar surface area (TPSA) is 38.7 Å². The molecular weight excluding hydrogens is 340 g/mol. The van der Waals surface area contributed by atoms with Crippen molar-refractivity contribution in [2.75, 3.05) is 7.11 Å². The van der Waals surface area contributed by atoms with Gasteiger partial charge in [0.05, 0.1) is 18.8 Å². The Morgan fingerprint density at radius 2 is 1.62 bits per heavy atom. The van der Waals surface area contributed by atoms with Crippen molar-refractivity contribution in [2.24, 2.45) is 0 Å². The number of hydrogen-bond donors (Lipinski definition) is 1. The first-order chi connectivity index (χ1) is 12.5. The van der Waals surface area contributed by atoms with Crippen LogP contribution in [0.2, 0.25) is 18.1 Å². The standard InChI is InChI=1S/C22H36O3Si/c1-5-26(6-2,7-3)25-22(16-9-8-10-17-22)18-15-21(23)19-11-13-20(24-4)14-12-19/h11-15,18,21,23H,5-10,16-17H2,1-4H3/b18-15+. The molecule has 0 saturated heterocycles. The summed E-state index contributed by atoms with van der Waals surface area (Å²) in [7, 11) is -0.0366. The Balaban J connectivity index is 2.18. The maximum Gasteiger partial charge on any atom is 0.193 e. The molecular formula is C22H36O3Si. The molecule has 1 N–H and O–H groups in total. The molecule has 0 radical (unpaired) electrons. The van der Waals surface area contributed by atoms with Crippen molar-refractivity contribution in [1.29, 1.82) is 0 Å². The predicted molar refractivity (Wildman–Crippen MR) is 111 cm³/mol. The summed E-state index contributed by atoms with van der Waals surface area (Å²) in [6.07, 6.45) is 9.39. The Kier molecular flexibility index (Phi) is 7.93. The largest absolute Gasteiger partial charge is 0.497 e. The molecule has 0 heterocycles. The van der Waals surface area contributed by atoms with E-state index < -0.39 is 14.4 Å². The zero-order chi connectivity index (χ0) is 19.0. The van der Waals surface area contributed by atoms with Gasteiger partial charge >= 0.3 is 0 Å². The highest BCUT2D eigenvalue weighted by atomic mass is 28.4. The highest BCUT2D eigenvalue weighted by Crippen LogP contribution is 2.39. The van der Waals surface area contributed by atoms with Gasteiger partial charge in [0.1, 0.15) is 5.75 Å². The molecule has 4 heteroatoms. The van der Waals surface area contributed by atoms with Crippen LogP contribution in [0, 0.1) is 0 Å². The van der Waals surface area contributed by atoms with Gasteiger partial charge in [0.15, 0.2) is 8.32 Å². The Morgan fingerprint density at radius 1 is 1.04 bits per heavy atom. The minimum Gasteiger partial charge on any atom is -0.497 e. The zero-order valence-electron chi connectivity index (χ0n) is 17.0. The van der Waals surface area contributed by atoms with E-state index in [1.54, 1.807) is 7.11 Å². The third kappa shape index (κ3) is 5.21. The number of benzene rings is 1. The molecule has 1 unspecified atom stereocenters. The van der Waals surface area contributed by atoms with E-state index >= 15 is 0 Å². The maximum atomic E-state index is 10.6. The number of methoxy groups -OCH3 is 1. The minimum absolute atomic E-state index is 0.181. The molecule has 1 aliphatic rings. The molecule has 2 rings (SSSR count). The summed E-state index contributed by atoms with van der Waals surface area (Å²) in [6, 6.07) is 11.1. The van der Waals surface area contributed by atoms with Crippen LogP contribution in [-0.4, -0.2) is 26.1 Å². The van der Waals surface area contributed by atoms with Crippen LogP contribution < -0.4 is 4.74 Å². The van der Waals surface area contributed by atoms with E-state index in [0.717, 1.165) is 42.3 Å². The van der Waals surface area contributed by atoms with Gasteiger partial charge < -0.3 is 14.3 Å². The Morgan fingerprint density at radius 3 is 2.12 bits per heavy atom. The molecule has 1 atom stereocenters. The summed E-state index contributed by atoms with van der Waals surface area (Å²) in [6.45, 7) is 6.85. The summed E-state index contributed by atoms with van der Waals surface area (Å²) in [4.78, 5) is 0. The first-order valence-electron chi connectivity index (χ1n) is 10.2. The second kappa shape index (κ2) is 9.72. The molecule has 26 heavy (non-hydrogen) atoms. The van der Waals surface area contributed by atoms with Crippen molar-refractivity contribution >= 4 is 8.32 Å². The second-order valence-electron chi connectivity index (χ2n) is 7.55. The molecule has 146 valence electrons. The van der Waals surface area contributed by atoms with Crippen LogP contribution in [0.15, 0.2) is 36.4 Å². The Labute approximate surface area is 160 Å². The third-order valence-corrected chi connectivity index (χ3v) is 10.8. The molecule has 0 aromatic heterocycles. The highest BCUT2D eigenvalue weighted by molar-refractivity contribution is 6.73. The van der Waals surface area contributed by atoms with Crippen LogP contribution in [0.5, 0.6) is 5.75 Å². The number of ether oxygens (including phenoxy) is 1. The lowest BCUT2D eigenvalue weighted by Gasteiger charge is -2.43. The molecule has 0 amide bonds. The van der Waals surface area contributed by atoms with E-state index in [2.05, 4.69) is 26.8 Å². The van der Waals surface area contributed by atoms with Crippen LogP contribution in [-0.2, 0) is 4.43 Å². The SMILES string of the molecule is CC[Si](CC)(CC)OC1(/C=C/C(O)c2ccc(OC)cc2)CCCCC1. The van der Waals surface area contributed by atoms with Crippen molar-refractivity contribution < 1.29 is 14.3 Å². The Hall–Kier alpha value is -1.10. The van der Waals surface area contributed by atoms with Gasteiger partial charge in [-0.2, -0.15) is 0 Å². The second-order valence-corrected chi connectivity index (χ2v) is 12.2. The molecule has 1 aromatic carbocycles. The maximum absolute atomic E-state index is 10.6. The number of rotatable bonds is 9. The summed E-state index contributed by atoms with van der Waals surface area (Å²) < 4.78 is 12.2. The molecule has 1 fully saturated rings. The number of aliphatic hydroxyl groups excluding tert-OH is 1. The summed E-state index contributed by atoms with van der Waals surface area (Å²) in [5.74, 6) is 0.807. The van der Waals surface area contributed by atoms with Gasteiger partial charge in [0.2, 0.25) is 0 Å². The smallest absolute Gasteiger partial charge is 0.193 e. The highest BCUT2D eigenvalue weighted by Gasteiger charge is 2.40. The van der Waals surface area contributed by atoms with Crippen LogP contribution >= 0.6 is 0 Å². The Bertz CT molecular complexity index is 549. The molecule has 0 bridgehead atoms. The lowest BCUT2D eigenvalue weighted by Crippen LogP contribution is -2.47. The first kappa shape index (κ1) is 21.2. The van der Waals surface area contributed by atoms with Gasteiger partial charge in [-0.05, 0) is 48.7 Å². The van der Waals surface area contributed by atoms with Crippen molar-refractivity contribution in [3.63, 3.8) is 0 Å². The van der Waals surface area contributed by atoms with E-state index in [-0.39, 0.29) is 5.60 Å². The summed E-state index contributed by atoms with van der Waals surface area (Å²) >= 11 is 0. The fourth-order valence-corrected chi connectivity index (χ4v) is 7.10. The lowest BCUT2D eigenvalue weighted by atomic mass is 9.84. The van der Waals surface area contributed by atoms with Crippen LogP contribution in [0.1, 0.15) is 64.5 Å². The van der Waals surface area contributed by atoms with Gasteiger partial charge in [0.25, 0.3) is 0 Å². The fraction of sp³-hybridized carbons (Fsp3) is 0.636. The summed E-state index contributed by atoms with van der Waals surface area (Å²) in [5, 5.41) is 10.6. The van der Waals surface area contributed by atoms with Gasteiger partial charge in [-0.1, -0.05) is 64.3 Å². The van der Waals surface area contributed by atoms with Crippen molar-refractivity contribution in [1.82, 2.24) is 0 Å². The van der Waals surface area contributed by atoms with Crippen LogP contribution in [0.4, 0.5) is 0 Å². The van der Waals surface area contributed by atoms with Gasteiger partial charge in [-0.15, -0.1) is 0 Å². The monoisotopic (exact) mass is 376 g/mol. The van der Waals surface area contributed by atoms with Gasteiger partial charge in [-0.3, -0.25) is 0 Å². The van der Waals surface area contributed by atoms with Crippen molar-refractivity contribution in [3.8, 4) is 5.75 Å². The zero-order valence-corrected chi connectivity index (χ0v) is 18.0. The van der Waals surface area contributed by atoms with E-state index in [0.29, 0.717) is 0 Å². The minimum atomic E-state index is -1.69. The fourth-order valence-electron chi connectivity index (χ4n) is 4.03. The molecule has 1 aliphatic carbocycles. The van der Waals surface area contributed by atoms with Crippen molar-refractivity contribution in [3.05, 3.63) is 42.0 Å². The van der Waals surface area contributed by atoms with E-state index in [9.17, 15) is 5.11 Å². The molecule has 3 nitrogen and oxygen atoms in total. The van der Waals surface area contributed by atoms with Crippen LogP contribution in [0.3, 0.4) is 0 Å². The lowest BCUT2D eigenvalue weighted by molar-refractivity contribution is 0.0638. The van der Waals surface area contributed by atoms with Gasteiger partial charge in [-0.25, -0.2) is 0 Å². The average Bonchev–Trinajstić information content (AvgIpc) is 2.71. The molecule has 0 aliphatic heterocycles. The molecule has 1 aromatic rings. The van der Waals surface area contributed by atoms with Crippen LogP contribution in [0.25, 0.3) is 0 Å². The normalized spacial score (nSPS) is 18.8. The number of hydrogen-bond acceptors (Lipinski definition) is 3. The summed E-state index contributed by atoms with van der Waals surface area (Å²) in [5.41, 5.74) is 0.706. The van der Waals surface area contributed by atoms with E-state index in [4.69, 9.17) is 9.16 Å². The van der Waals surface area contributed by atoms with Crippen molar-refractivity contribution in [2.45, 2.75) is 82.7 Å². The molecule has 0 spiro atoms. The quantitative estimate of drug-likeness (QED) is 0.424.